The molecule has 0 aliphatic carbocycles. The number of benzene rings is 1. The zero-order chi connectivity index (χ0) is 25.3. The molecule has 2 aliphatic heterocycles. The SMILES string of the molecule is CC(C)OC(=O)N1CCC(N2C(=O)CCc3c(Nc4ccc(S(C)(=O)=O)cc4F)ncnc32)CC1. The van der Waals surface area contributed by atoms with E-state index in [2.05, 4.69) is 15.3 Å². The molecule has 2 amide bonds. The number of carbonyl (C=O) groups is 2. The maximum Gasteiger partial charge on any atom is 0.410 e. The quantitative estimate of drug-likeness (QED) is 0.658. The third-order valence-electron chi connectivity index (χ3n) is 6.05. The lowest BCUT2D eigenvalue weighted by molar-refractivity contribution is -0.119. The number of sulfone groups is 1. The van der Waals surface area contributed by atoms with E-state index in [1.807, 2.05) is 0 Å². The molecule has 3 heterocycles. The molecule has 2 aromatic rings. The maximum absolute atomic E-state index is 14.6. The average Bonchev–Trinajstić information content (AvgIpc) is 2.79. The van der Waals surface area contributed by atoms with E-state index in [9.17, 15) is 22.4 Å². The van der Waals surface area contributed by atoms with Crippen molar-refractivity contribution in [2.45, 2.75) is 56.6 Å². The van der Waals surface area contributed by atoms with Gasteiger partial charge in [0.05, 0.1) is 16.7 Å². The molecular weight excluding hydrogens is 477 g/mol. The number of fused-ring (bicyclic) bond motifs is 1. The lowest BCUT2D eigenvalue weighted by atomic mass is 9.98. The number of hydrogen-bond acceptors (Lipinski definition) is 8. The average molecular weight is 506 g/mol. The number of nitrogens with zero attached hydrogens (tertiary/aromatic N) is 4. The molecule has 2 aliphatic rings. The Morgan fingerprint density at radius 1 is 1.20 bits per heavy atom. The summed E-state index contributed by atoms with van der Waals surface area (Å²) in [5, 5.41) is 2.93. The van der Waals surface area contributed by atoms with Crippen molar-refractivity contribution in [3.05, 3.63) is 35.9 Å². The van der Waals surface area contributed by atoms with Crippen molar-refractivity contribution in [2.24, 2.45) is 0 Å². The molecule has 0 saturated carbocycles. The van der Waals surface area contributed by atoms with Crippen molar-refractivity contribution >= 4 is 39.2 Å². The monoisotopic (exact) mass is 505 g/mol. The summed E-state index contributed by atoms with van der Waals surface area (Å²) in [6.45, 7) is 4.52. The molecular formula is C23H28FN5O5S. The summed E-state index contributed by atoms with van der Waals surface area (Å²) < 4.78 is 43.3. The topological polar surface area (TPSA) is 122 Å². The molecule has 0 spiro atoms. The number of aromatic nitrogens is 2. The van der Waals surface area contributed by atoms with E-state index in [1.165, 1.54) is 18.5 Å². The highest BCUT2D eigenvalue weighted by molar-refractivity contribution is 7.90. The zero-order valence-corrected chi connectivity index (χ0v) is 20.6. The first kappa shape index (κ1) is 24.8. The Morgan fingerprint density at radius 2 is 1.91 bits per heavy atom. The first-order chi connectivity index (χ1) is 16.5. The fourth-order valence-corrected chi connectivity index (χ4v) is 4.97. The lowest BCUT2D eigenvalue weighted by Gasteiger charge is -2.40. The van der Waals surface area contributed by atoms with Crippen LogP contribution in [0.3, 0.4) is 0 Å². The minimum absolute atomic E-state index is 0.0611. The van der Waals surface area contributed by atoms with E-state index < -0.39 is 15.7 Å². The van der Waals surface area contributed by atoms with Crippen LogP contribution in [-0.4, -0.2) is 66.8 Å². The summed E-state index contributed by atoms with van der Waals surface area (Å²) in [7, 11) is -3.54. The fraction of sp³-hybridized carbons (Fsp3) is 0.478. The molecule has 1 aromatic heterocycles. The largest absolute Gasteiger partial charge is 0.447 e. The van der Waals surface area contributed by atoms with Gasteiger partial charge in [-0.05, 0) is 51.3 Å². The highest BCUT2D eigenvalue weighted by Gasteiger charge is 2.36. The number of ether oxygens (including phenoxy) is 1. The second kappa shape index (κ2) is 9.76. The molecule has 1 saturated heterocycles. The highest BCUT2D eigenvalue weighted by Crippen LogP contribution is 2.35. The van der Waals surface area contributed by atoms with Crippen LogP contribution in [-0.2, 0) is 25.8 Å². The van der Waals surface area contributed by atoms with Gasteiger partial charge in [-0.3, -0.25) is 9.69 Å². The van der Waals surface area contributed by atoms with Gasteiger partial charge < -0.3 is 15.0 Å². The number of halogens is 1. The number of anilines is 3. The lowest BCUT2D eigenvalue weighted by Crippen LogP contribution is -2.51. The summed E-state index contributed by atoms with van der Waals surface area (Å²) in [4.78, 5) is 36.9. The minimum atomic E-state index is -3.54. The molecule has 1 aromatic carbocycles. The number of likely N-dealkylation sites (tertiary alicyclic amines) is 1. The van der Waals surface area contributed by atoms with Gasteiger partial charge in [0.1, 0.15) is 23.8 Å². The van der Waals surface area contributed by atoms with Crippen LogP contribution in [0.5, 0.6) is 0 Å². The molecule has 0 bridgehead atoms. The molecule has 35 heavy (non-hydrogen) atoms. The van der Waals surface area contributed by atoms with Crippen molar-refractivity contribution < 1.29 is 27.1 Å². The molecule has 0 atom stereocenters. The van der Waals surface area contributed by atoms with Crippen LogP contribution in [0.4, 0.5) is 26.5 Å². The van der Waals surface area contributed by atoms with Crippen LogP contribution >= 0.6 is 0 Å². The Morgan fingerprint density at radius 3 is 2.54 bits per heavy atom. The Balaban J connectivity index is 1.55. The van der Waals surface area contributed by atoms with Crippen LogP contribution in [0, 0.1) is 5.82 Å². The van der Waals surface area contributed by atoms with Crippen molar-refractivity contribution in [2.75, 3.05) is 29.6 Å². The summed E-state index contributed by atoms with van der Waals surface area (Å²) in [6.07, 6.45) is 3.55. The van der Waals surface area contributed by atoms with Gasteiger partial charge >= 0.3 is 6.09 Å². The second-order valence-electron chi connectivity index (χ2n) is 8.98. The molecule has 4 rings (SSSR count). The van der Waals surface area contributed by atoms with Gasteiger partial charge in [0.2, 0.25) is 5.91 Å². The van der Waals surface area contributed by atoms with Crippen LogP contribution in [0.15, 0.2) is 29.4 Å². The Hall–Kier alpha value is -3.28. The Kier molecular flexibility index (Phi) is 6.93. The van der Waals surface area contributed by atoms with Gasteiger partial charge in [0.15, 0.2) is 9.84 Å². The predicted octanol–water partition coefficient (Wildman–Crippen LogP) is 3.05. The second-order valence-corrected chi connectivity index (χ2v) is 11.0. The van der Waals surface area contributed by atoms with Crippen molar-refractivity contribution in [1.29, 1.82) is 0 Å². The van der Waals surface area contributed by atoms with Crippen molar-refractivity contribution in [3.8, 4) is 0 Å². The molecule has 0 radical (unpaired) electrons. The number of piperidine rings is 1. The molecule has 1 fully saturated rings. The third-order valence-corrected chi connectivity index (χ3v) is 7.16. The number of carbonyl (C=O) groups excluding carboxylic acids is 2. The first-order valence-corrected chi connectivity index (χ1v) is 13.3. The van der Waals surface area contributed by atoms with Gasteiger partial charge in [0.25, 0.3) is 0 Å². The van der Waals surface area contributed by atoms with Gasteiger partial charge in [0, 0.05) is 37.4 Å². The van der Waals surface area contributed by atoms with Crippen LogP contribution in [0.1, 0.15) is 38.7 Å². The van der Waals surface area contributed by atoms with Crippen molar-refractivity contribution in [3.63, 3.8) is 0 Å². The number of nitrogens with one attached hydrogen (secondary N) is 1. The molecule has 0 unspecified atom stereocenters. The van der Waals surface area contributed by atoms with E-state index in [0.717, 1.165) is 12.3 Å². The van der Waals surface area contributed by atoms with E-state index in [4.69, 9.17) is 4.74 Å². The summed E-state index contributed by atoms with van der Waals surface area (Å²) >= 11 is 0. The number of hydrogen-bond donors (Lipinski definition) is 1. The summed E-state index contributed by atoms with van der Waals surface area (Å²) in [5.41, 5.74) is 0.749. The standard InChI is InChI=1S/C23H28FN5O5S/c1-14(2)34-23(31)28-10-8-15(9-11-28)29-20(30)7-5-17-21(25-13-26-22(17)29)27-19-6-4-16(12-18(19)24)35(3,32)33/h4,6,12-15H,5,7-11H2,1-3H3,(H,25,26,27). The van der Waals surface area contributed by atoms with Crippen LogP contribution < -0.4 is 10.2 Å². The third kappa shape index (κ3) is 5.37. The van der Waals surface area contributed by atoms with Gasteiger partial charge in [-0.1, -0.05) is 0 Å². The predicted molar refractivity (Wildman–Crippen MR) is 127 cm³/mol. The zero-order valence-electron chi connectivity index (χ0n) is 19.8. The number of rotatable bonds is 5. The Bertz CT molecular complexity index is 1240. The number of amides is 2. The van der Waals surface area contributed by atoms with E-state index in [1.54, 1.807) is 23.6 Å². The first-order valence-electron chi connectivity index (χ1n) is 11.4. The summed E-state index contributed by atoms with van der Waals surface area (Å²) in [6, 6.07) is 3.48. The molecule has 188 valence electrons. The maximum atomic E-state index is 14.6. The minimum Gasteiger partial charge on any atom is -0.447 e. The fourth-order valence-electron chi connectivity index (χ4n) is 4.33. The van der Waals surface area contributed by atoms with E-state index in [0.29, 0.717) is 49.6 Å². The smallest absolute Gasteiger partial charge is 0.410 e. The van der Waals surface area contributed by atoms with Gasteiger partial charge in [-0.25, -0.2) is 27.6 Å². The van der Waals surface area contributed by atoms with Crippen molar-refractivity contribution in [1.82, 2.24) is 14.9 Å². The molecule has 10 nitrogen and oxygen atoms in total. The molecule has 1 N–H and O–H groups in total. The van der Waals surface area contributed by atoms with E-state index >= 15 is 0 Å². The normalized spacial score (nSPS) is 16.9. The highest BCUT2D eigenvalue weighted by atomic mass is 32.2. The summed E-state index contributed by atoms with van der Waals surface area (Å²) in [5.74, 6) is 0.0327. The van der Waals surface area contributed by atoms with Crippen LogP contribution in [0.25, 0.3) is 0 Å². The Labute approximate surface area is 203 Å². The molecule has 12 heteroatoms. The van der Waals surface area contributed by atoms with Gasteiger partial charge in [-0.2, -0.15) is 0 Å². The van der Waals surface area contributed by atoms with Gasteiger partial charge in [-0.15, -0.1) is 0 Å². The van der Waals surface area contributed by atoms with E-state index in [-0.39, 0.29) is 41.1 Å². The van der Waals surface area contributed by atoms with Crippen LogP contribution in [0.2, 0.25) is 0 Å².